The van der Waals surface area contributed by atoms with Crippen molar-refractivity contribution in [3.63, 3.8) is 0 Å². The largest absolute Gasteiger partial charge is 0.330 e. The molecule has 0 aliphatic heterocycles. The number of amides is 2. The van der Waals surface area contributed by atoms with E-state index in [0.717, 1.165) is 5.56 Å². The van der Waals surface area contributed by atoms with E-state index in [4.69, 9.17) is 5.73 Å². The molecule has 0 atom stereocenters. The summed E-state index contributed by atoms with van der Waals surface area (Å²) in [5.74, 6) is -0.268. The van der Waals surface area contributed by atoms with Gasteiger partial charge < -0.3 is 16.4 Å². The Morgan fingerprint density at radius 3 is 2.53 bits per heavy atom. The second kappa shape index (κ2) is 6.89. The van der Waals surface area contributed by atoms with Crippen LogP contribution < -0.4 is 16.4 Å². The Bertz CT molecular complexity index is 470. The van der Waals surface area contributed by atoms with Crippen LogP contribution in [0.1, 0.15) is 25.8 Å². The van der Waals surface area contributed by atoms with Crippen LogP contribution >= 0.6 is 0 Å². The maximum Gasteiger partial charge on any atom is 0.226 e. The molecular weight excluding hydrogens is 242 g/mol. The molecule has 1 aromatic rings. The van der Waals surface area contributed by atoms with Crippen molar-refractivity contribution in [1.82, 2.24) is 0 Å². The third-order valence-electron chi connectivity index (χ3n) is 2.67. The molecule has 0 fully saturated rings. The van der Waals surface area contributed by atoms with Crippen LogP contribution in [-0.2, 0) is 9.59 Å². The molecule has 2 amide bonds. The van der Waals surface area contributed by atoms with Crippen molar-refractivity contribution in [2.24, 2.45) is 11.7 Å². The van der Waals surface area contributed by atoms with E-state index in [1.54, 1.807) is 12.1 Å². The van der Waals surface area contributed by atoms with Gasteiger partial charge in [0.2, 0.25) is 11.8 Å². The molecule has 0 unspecified atom stereocenters. The van der Waals surface area contributed by atoms with Crippen molar-refractivity contribution in [3.8, 4) is 0 Å². The Kier molecular flexibility index (Phi) is 5.51. The van der Waals surface area contributed by atoms with Gasteiger partial charge in [-0.3, -0.25) is 9.59 Å². The average molecular weight is 263 g/mol. The number of nitrogens with two attached hydrogens (primary N) is 1. The van der Waals surface area contributed by atoms with Crippen molar-refractivity contribution < 1.29 is 9.59 Å². The van der Waals surface area contributed by atoms with Crippen LogP contribution in [0, 0.1) is 12.8 Å². The van der Waals surface area contributed by atoms with Gasteiger partial charge in [0.1, 0.15) is 0 Å². The van der Waals surface area contributed by atoms with Gasteiger partial charge in [-0.15, -0.1) is 0 Å². The summed E-state index contributed by atoms with van der Waals surface area (Å²) in [5.41, 5.74) is 7.64. The Hall–Kier alpha value is -1.88. The molecule has 5 nitrogen and oxygen atoms in total. The number of aryl methyl sites for hydroxylation is 1. The topological polar surface area (TPSA) is 84.2 Å². The van der Waals surface area contributed by atoms with E-state index in [1.807, 2.05) is 26.8 Å². The molecule has 0 aliphatic carbocycles. The normalized spacial score (nSPS) is 10.4. The lowest BCUT2D eigenvalue weighted by Gasteiger charge is -2.12. The molecule has 1 rings (SSSR count). The third kappa shape index (κ3) is 4.71. The van der Waals surface area contributed by atoms with E-state index in [-0.39, 0.29) is 24.2 Å². The predicted molar refractivity (Wildman–Crippen MR) is 76.9 cm³/mol. The van der Waals surface area contributed by atoms with Crippen molar-refractivity contribution in [1.29, 1.82) is 0 Å². The Labute approximate surface area is 113 Å². The van der Waals surface area contributed by atoms with Crippen LogP contribution in [0.4, 0.5) is 11.4 Å². The molecular formula is C14H21N3O2. The second-order valence-corrected chi connectivity index (χ2v) is 4.76. The zero-order valence-corrected chi connectivity index (χ0v) is 11.6. The predicted octanol–water partition coefficient (Wildman–Crippen LogP) is 1.88. The number of carbonyl (C=O) groups is 2. The first-order valence-electron chi connectivity index (χ1n) is 6.35. The summed E-state index contributed by atoms with van der Waals surface area (Å²) in [6.45, 7) is 5.88. The van der Waals surface area contributed by atoms with Crippen molar-refractivity contribution in [2.75, 3.05) is 17.2 Å². The molecule has 0 aromatic heterocycles. The molecule has 4 N–H and O–H groups in total. The molecule has 0 heterocycles. The summed E-state index contributed by atoms with van der Waals surface area (Å²) in [5, 5.41) is 5.58. The quantitative estimate of drug-likeness (QED) is 0.758. The van der Waals surface area contributed by atoms with Crippen LogP contribution in [-0.4, -0.2) is 18.4 Å². The van der Waals surface area contributed by atoms with Gasteiger partial charge in [-0.1, -0.05) is 19.9 Å². The fourth-order valence-electron chi connectivity index (χ4n) is 1.47. The van der Waals surface area contributed by atoms with Gasteiger partial charge in [-0.05, 0) is 24.6 Å². The highest BCUT2D eigenvalue weighted by Crippen LogP contribution is 2.21. The summed E-state index contributed by atoms with van der Waals surface area (Å²) in [4.78, 5) is 23.1. The highest BCUT2D eigenvalue weighted by Gasteiger charge is 2.10. The molecule has 0 radical (unpaired) electrons. The van der Waals surface area contributed by atoms with Gasteiger partial charge >= 0.3 is 0 Å². The number of hydrogen-bond donors (Lipinski definition) is 3. The number of anilines is 2. The number of nitrogens with one attached hydrogen (secondary N) is 2. The fourth-order valence-corrected chi connectivity index (χ4v) is 1.47. The number of hydrogen-bond acceptors (Lipinski definition) is 3. The van der Waals surface area contributed by atoms with E-state index in [2.05, 4.69) is 10.6 Å². The van der Waals surface area contributed by atoms with Crippen LogP contribution in [0.3, 0.4) is 0 Å². The van der Waals surface area contributed by atoms with Gasteiger partial charge in [0, 0.05) is 30.3 Å². The molecule has 5 heteroatoms. The first kappa shape index (κ1) is 15.2. The third-order valence-corrected chi connectivity index (χ3v) is 2.67. The molecule has 0 saturated heterocycles. The number of rotatable bonds is 5. The Morgan fingerprint density at radius 1 is 1.26 bits per heavy atom. The minimum atomic E-state index is -0.132. The van der Waals surface area contributed by atoms with E-state index in [0.29, 0.717) is 17.9 Å². The maximum atomic E-state index is 11.7. The fraction of sp³-hybridized carbons (Fsp3) is 0.429. The van der Waals surface area contributed by atoms with Crippen molar-refractivity contribution in [2.45, 2.75) is 27.2 Å². The van der Waals surface area contributed by atoms with E-state index in [9.17, 15) is 9.59 Å². The minimum Gasteiger partial charge on any atom is -0.330 e. The van der Waals surface area contributed by atoms with Crippen LogP contribution in [0.15, 0.2) is 18.2 Å². The molecule has 0 saturated carbocycles. The Balaban J connectivity index is 2.82. The maximum absolute atomic E-state index is 11.7. The highest BCUT2D eigenvalue weighted by molar-refractivity contribution is 5.95. The number of benzene rings is 1. The molecule has 0 aliphatic rings. The van der Waals surface area contributed by atoms with Crippen LogP contribution in [0.25, 0.3) is 0 Å². The van der Waals surface area contributed by atoms with E-state index < -0.39 is 0 Å². The van der Waals surface area contributed by atoms with E-state index >= 15 is 0 Å². The molecule has 19 heavy (non-hydrogen) atoms. The monoisotopic (exact) mass is 263 g/mol. The van der Waals surface area contributed by atoms with Gasteiger partial charge in [0.05, 0.1) is 0 Å². The van der Waals surface area contributed by atoms with Gasteiger partial charge in [-0.25, -0.2) is 0 Å². The first-order valence-corrected chi connectivity index (χ1v) is 6.35. The summed E-state index contributed by atoms with van der Waals surface area (Å²) in [6, 6.07) is 5.41. The Morgan fingerprint density at radius 2 is 1.95 bits per heavy atom. The molecule has 0 spiro atoms. The van der Waals surface area contributed by atoms with Crippen LogP contribution in [0.5, 0.6) is 0 Å². The lowest BCUT2D eigenvalue weighted by Crippen LogP contribution is -2.19. The first-order chi connectivity index (χ1) is 8.93. The zero-order chi connectivity index (χ0) is 14.4. The summed E-state index contributed by atoms with van der Waals surface area (Å²) in [6.07, 6.45) is 0.279. The minimum absolute atomic E-state index is 0.0477. The highest BCUT2D eigenvalue weighted by atomic mass is 16.2. The molecule has 0 bridgehead atoms. The van der Waals surface area contributed by atoms with E-state index in [1.165, 1.54) is 0 Å². The lowest BCUT2D eigenvalue weighted by atomic mass is 10.1. The van der Waals surface area contributed by atoms with Gasteiger partial charge in [0.15, 0.2) is 0 Å². The summed E-state index contributed by atoms with van der Waals surface area (Å²) < 4.78 is 0. The van der Waals surface area contributed by atoms with Crippen molar-refractivity contribution >= 4 is 23.2 Å². The average Bonchev–Trinajstić information content (AvgIpc) is 2.33. The summed E-state index contributed by atoms with van der Waals surface area (Å²) >= 11 is 0. The standard InChI is InChI=1S/C14H21N3O2/c1-9(2)14(19)17-12-8-11(5-4-10(12)3)16-13(18)6-7-15/h4-5,8-9H,6-7,15H2,1-3H3,(H,16,18)(H,17,19). The van der Waals surface area contributed by atoms with Gasteiger partial charge in [0.25, 0.3) is 0 Å². The van der Waals surface area contributed by atoms with Crippen LogP contribution in [0.2, 0.25) is 0 Å². The lowest BCUT2D eigenvalue weighted by molar-refractivity contribution is -0.119. The number of carbonyl (C=O) groups excluding carboxylic acids is 2. The molecule has 1 aromatic carbocycles. The second-order valence-electron chi connectivity index (χ2n) is 4.76. The van der Waals surface area contributed by atoms with Crippen molar-refractivity contribution in [3.05, 3.63) is 23.8 Å². The SMILES string of the molecule is Cc1ccc(NC(=O)CCN)cc1NC(=O)C(C)C. The van der Waals surface area contributed by atoms with Gasteiger partial charge in [-0.2, -0.15) is 0 Å². The zero-order valence-electron chi connectivity index (χ0n) is 11.6. The molecule has 104 valence electrons. The smallest absolute Gasteiger partial charge is 0.226 e. The summed E-state index contributed by atoms with van der Waals surface area (Å²) in [7, 11) is 0.